The first-order valence-corrected chi connectivity index (χ1v) is 8.15. The molecule has 1 N–H and O–H groups in total. The minimum absolute atomic E-state index is 0.00339. The molecule has 0 saturated carbocycles. The van der Waals surface area contributed by atoms with Crippen LogP contribution in [0.2, 0.25) is 0 Å². The summed E-state index contributed by atoms with van der Waals surface area (Å²) in [5.41, 5.74) is 4.65. The van der Waals surface area contributed by atoms with Crippen LogP contribution in [0.15, 0.2) is 35.2 Å². The number of amides is 1. The van der Waals surface area contributed by atoms with E-state index in [0.717, 1.165) is 33.8 Å². The third-order valence-electron chi connectivity index (χ3n) is 4.10. The molecule has 0 aliphatic rings. The van der Waals surface area contributed by atoms with Crippen LogP contribution in [-0.4, -0.2) is 25.8 Å². The van der Waals surface area contributed by atoms with Gasteiger partial charge >= 0.3 is 0 Å². The first-order chi connectivity index (χ1) is 12.0. The summed E-state index contributed by atoms with van der Waals surface area (Å²) in [5, 5.41) is 11.0. The van der Waals surface area contributed by atoms with E-state index in [-0.39, 0.29) is 5.91 Å². The predicted octanol–water partition coefficient (Wildman–Crippen LogP) is 2.34. The van der Waals surface area contributed by atoms with E-state index < -0.39 is 0 Å². The monoisotopic (exact) mass is 339 g/mol. The van der Waals surface area contributed by atoms with Crippen LogP contribution >= 0.6 is 0 Å². The molecule has 130 valence electrons. The third-order valence-corrected chi connectivity index (χ3v) is 4.10. The average Bonchev–Trinajstić information content (AvgIpc) is 3.18. The smallest absolute Gasteiger partial charge is 0.220 e. The largest absolute Gasteiger partial charge is 0.361 e. The number of carbonyl (C=O) groups excluding carboxylic acids is 1. The zero-order valence-corrected chi connectivity index (χ0v) is 14.6. The summed E-state index contributed by atoms with van der Waals surface area (Å²) in [5.74, 6) is 0.775. The highest BCUT2D eigenvalue weighted by Gasteiger charge is 2.11. The topological polar surface area (TPSA) is 85.8 Å². The lowest BCUT2D eigenvalue weighted by Gasteiger charge is -2.06. The molecule has 3 rings (SSSR count). The van der Waals surface area contributed by atoms with E-state index in [9.17, 15) is 4.79 Å². The second-order valence-electron chi connectivity index (χ2n) is 6.03. The molecule has 0 atom stereocenters. The standard InChI is InChI=1S/C18H21N5O2/c1-12-16(13(2)25-22-12)5-7-18(24)20-9-14-4-6-17(19-8-14)15-10-21-23(3)11-15/h4,6,8,10-11H,5,7,9H2,1-3H3,(H,20,24). The van der Waals surface area contributed by atoms with E-state index >= 15 is 0 Å². The summed E-state index contributed by atoms with van der Waals surface area (Å²) in [6.07, 6.45) is 6.50. The van der Waals surface area contributed by atoms with Crippen molar-refractivity contribution in [1.29, 1.82) is 0 Å². The Labute approximate surface area is 146 Å². The summed E-state index contributed by atoms with van der Waals surface area (Å²) >= 11 is 0. The second kappa shape index (κ2) is 7.29. The Bertz CT molecular complexity index is 844. The highest BCUT2D eigenvalue weighted by Crippen LogP contribution is 2.16. The molecule has 7 nitrogen and oxygen atoms in total. The van der Waals surface area contributed by atoms with Gasteiger partial charge in [-0.1, -0.05) is 11.2 Å². The van der Waals surface area contributed by atoms with Crippen LogP contribution in [0, 0.1) is 13.8 Å². The number of nitrogens with one attached hydrogen (secondary N) is 1. The van der Waals surface area contributed by atoms with Crippen molar-refractivity contribution in [2.75, 3.05) is 0 Å². The van der Waals surface area contributed by atoms with Crippen LogP contribution < -0.4 is 5.32 Å². The molecule has 0 radical (unpaired) electrons. The molecule has 0 saturated heterocycles. The minimum atomic E-state index is -0.00339. The molecular formula is C18H21N5O2. The van der Waals surface area contributed by atoms with Crippen molar-refractivity contribution in [1.82, 2.24) is 25.2 Å². The summed E-state index contributed by atoms with van der Waals surface area (Å²) in [7, 11) is 1.87. The van der Waals surface area contributed by atoms with E-state index in [1.807, 2.05) is 39.2 Å². The van der Waals surface area contributed by atoms with Gasteiger partial charge in [0.25, 0.3) is 0 Å². The number of pyridine rings is 1. The Hall–Kier alpha value is -2.96. The van der Waals surface area contributed by atoms with Gasteiger partial charge in [-0.25, -0.2) is 0 Å². The number of carbonyl (C=O) groups is 1. The van der Waals surface area contributed by atoms with Crippen molar-refractivity contribution in [2.45, 2.75) is 33.2 Å². The van der Waals surface area contributed by atoms with Crippen LogP contribution in [0.4, 0.5) is 0 Å². The average molecular weight is 339 g/mol. The fourth-order valence-electron chi connectivity index (χ4n) is 2.64. The van der Waals surface area contributed by atoms with Gasteiger partial charge in [0.15, 0.2) is 0 Å². The first-order valence-electron chi connectivity index (χ1n) is 8.15. The van der Waals surface area contributed by atoms with Gasteiger partial charge in [-0.05, 0) is 31.9 Å². The SMILES string of the molecule is Cc1noc(C)c1CCC(=O)NCc1ccc(-c2cnn(C)c2)nc1. The highest BCUT2D eigenvalue weighted by molar-refractivity contribution is 5.76. The molecule has 0 unspecified atom stereocenters. The molecule has 0 aromatic carbocycles. The van der Waals surface area contributed by atoms with Crippen molar-refractivity contribution in [2.24, 2.45) is 7.05 Å². The Morgan fingerprint density at radius 1 is 1.28 bits per heavy atom. The van der Waals surface area contributed by atoms with Gasteiger partial charge in [0.05, 0.1) is 17.6 Å². The molecule has 0 spiro atoms. The van der Waals surface area contributed by atoms with Gasteiger partial charge in [0.2, 0.25) is 5.91 Å². The van der Waals surface area contributed by atoms with E-state index in [4.69, 9.17) is 4.52 Å². The highest BCUT2D eigenvalue weighted by atomic mass is 16.5. The van der Waals surface area contributed by atoms with Crippen molar-refractivity contribution in [3.63, 3.8) is 0 Å². The first kappa shape index (κ1) is 16.9. The number of aromatic nitrogens is 4. The van der Waals surface area contributed by atoms with Gasteiger partial charge in [-0.3, -0.25) is 14.5 Å². The number of nitrogens with zero attached hydrogens (tertiary/aromatic N) is 4. The lowest BCUT2D eigenvalue weighted by Crippen LogP contribution is -2.23. The van der Waals surface area contributed by atoms with Crippen molar-refractivity contribution in [3.8, 4) is 11.3 Å². The summed E-state index contributed by atoms with van der Waals surface area (Å²) in [6.45, 7) is 4.21. The number of hydrogen-bond donors (Lipinski definition) is 1. The van der Waals surface area contributed by atoms with Crippen LogP contribution in [0.25, 0.3) is 11.3 Å². The molecule has 3 heterocycles. The third kappa shape index (κ3) is 4.12. The second-order valence-corrected chi connectivity index (χ2v) is 6.03. The van der Waals surface area contributed by atoms with Gasteiger partial charge in [-0.15, -0.1) is 0 Å². The van der Waals surface area contributed by atoms with E-state index in [0.29, 0.717) is 19.4 Å². The molecule has 3 aromatic heterocycles. The van der Waals surface area contributed by atoms with Crippen molar-refractivity contribution < 1.29 is 9.32 Å². The molecule has 25 heavy (non-hydrogen) atoms. The van der Waals surface area contributed by atoms with Gasteiger partial charge < -0.3 is 9.84 Å². The molecule has 0 aliphatic heterocycles. The normalized spacial score (nSPS) is 10.8. The van der Waals surface area contributed by atoms with Crippen LogP contribution in [0.5, 0.6) is 0 Å². The Morgan fingerprint density at radius 3 is 2.72 bits per heavy atom. The summed E-state index contributed by atoms with van der Waals surface area (Å²) in [4.78, 5) is 16.5. The number of aryl methyl sites for hydroxylation is 3. The van der Waals surface area contributed by atoms with E-state index in [2.05, 4.69) is 20.6 Å². The molecule has 3 aromatic rings. The van der Waals surface area contributed by atoms with Crippen LogP contribution in [0.3, 0.4) is 0 Å². The molecular weight excluding hydrogens is 318 g/mol. The zero-order valence-electron chi connectivity index (χ0n) is 14.6. The Kier molecular flexibility index (Phi) is 4.92. The van der Waals surface area contributed by atoms with Gasteiger partial charge in [-0.2, -0.15) is 5.10 Å². The zero-order chi connectivity index (χ0) is 17.8. The van der Waals surface area contributed by atoms with Gasteiger partial charge in [0, 0.05) is 43.5 Å². The molecule has 1 amide bonds. The fraction of sp³-hybridized carbons (Fsp3) is 0.333. The maximum atomic E-state index is 12.0. The summed E-state index contributed by atoms with van der Waals surface area (Å²) in [6, 6.07) is 3.90. The fourth-order valence-corrected chi connectivity index (χ4v) is 2.64. The minimum Gasteiger partial charge on any atom is -0.361 e. The molecule has 7 heteroatoms. The molecule has 0 fully saturated rings. The van der Waals surface area contributed by atoms with Crippen molar-refractivity contribution in [3.05, 3.63) is 53.3 Å². The van der Waals surface area contributed by atoms with E-state index in [1.54, 1.807) is 17.1 Å². The molecule has 0 bridgehead atoms. The lowest BCUT2D eigenvalue weighted by molar-refractivity contribution is -0.121. The molecule has 0 aliphatic carbocycles. The Balaban J connectivity index is 1.50. The Morgan fingerprint density at radius 2 is 2.12 bits per heavy atom. The predicted molar refractivity (Wildman–Crippen MR) is 92.6 cm³/mol. The van der Waals surface area contributed by atoms with Crippen LogP contribution in [0.1, 0.15) is 29.0 Å². The number of hydrogen-bond acceptors (Lipinski definition) is 5. The van der Waals surface area contributed by atoms with Crippen LogP contribution in [-0.2, 0) is 24.8 Å². The maximum Gasteiger partial charge on any atom is 0.220 e. The number of rotatable bonds is 6. The van der Waals surface area contributed by atoms with E-state index in [1.165, 1.54) is 0 Å². The maximum absolute atomic E-state index is 12.0. The van der Waals surface area contributed by atoms with Gasteiger partial charge in [0.1, 0.15) is 5.76 Å². The summed E-state index contributed by atoms with van der Waals surface area (Å²) < 4.78 is 6.85. The van der Waals surface area contributed by atoms with Crippen molar-refractivity contribution >= 4 is 5.91 Å². The lowest BCUT2D eigenvalue weighted by atomic mass is 10.1. The quantitative estimate of drug-likeness (QED) is 0.745.